The minimum Gasteiger partial charge on any atom is -0.302 e. The third-order valence-electron chi connectivity index (χ3n) is 3.52. The molecule has 0 spiro atoms. The molecule has 6 heteroatoms. The van der Waals surface area contributed by atoms with Crippen LogP contribution in [0.2, 0.25) is 0 Å². The molecule has 1 heterocycles. The highest BCUT2D eigenvalue weighted by Crippen LogP contribution is 2.31. The molecule has 1 amide bonds. The van der Waals surface area contributed by atoms with Crippen LogP contribution in [0, 0.1) is 5.82 Å². The number of benzene rings is 2. The number of anilines is 1. The fourth-order valence-electron chi connectivity index (χ4n) is 2.36. The molecule has 3 aromatic rings. The Morgan fingerprint density at radius 2 is 1.76 bits per heavy atom. The van der Waals surface area contributed by atoms with E-state index in [4.69, 9.17) is 0 Å². The summed E-state index contributed by atoms with van der Waals surface area (Å²) in [5, 5.41) is 3.08. The second-order valence-corrected chi connectivity index (χ2v) is 6.47. The Hall–Kier alpha value is -2.86. The van der Waals surface area contributed by atoms with Gasteiger partial charge in [-0.2, -0.15) is 0 Å². The molecule has 0 radical (unpaired) electrons. The van der Waals surface area contributed by atoms with Crippen LogP contribution in [0.15, 0.2) is 54.6 Å². The number of amides is 1. The molecule has 0 fully saturated rings. The predicted octanol–water partition coefficient (Wildman–Crippen LogP) is 4.33. The summed E-state index contributed by atoms with van der Waals surface area (Å²) < 4.78 is 12.9. The fraction of sp³-hybridized carbons (Fsp3) is 0.105. The Labute approximate surface area is 148 Å². The van der Waals surface area contributed by atoms with Crippen molar-refractivity contribution >= 4 is 28.2 Å². The zero-order valence-electron chi connectivity index (χ0n) is 13.5. The van der Waals surface area contributed by atoms with Crippen LogP contribution in [0.1, 0.15) is 22.2 Å². The molecule has 1 N–H and O–H groups in total. The number of hydrogen-bond acceptors (Lipinski definition) is 4. The number of nitrogens with zero attached hydrogens (tertiary/aromatic N) is 1. The lowest BCUT2D eigenvalue weighted by molar-refractivity contribution is -0.115. The number of hydrogen-bond donors (Lipinski definition) is 1. The predicted molar refractivity (Wildman–Crippen MR) is 96.3 cm³/mol. The highest BCUT2D eigenvalue weighted by Gasteiger charge is 2.17. The Morgan fingerprint density at radius 1 is 1.08 bits per heavy atom. The van der Waals surface area contributed by atoms with Gasteiger partial charge in [0, 0.05) is 12.5 Å². The molecule has 0 bridgehead atoms. The number of thiazole rings is 1. The van der Waals surface area contributed by atoms with Crippen molar-refractivity contribution in [2.75, 3.05) is 5.32 Å². The van der Waals surface area contributed by atoms with E-state index in [1.54, 1.807) is 12.1 Å². The SMILES string of the molecule is CC(=O)c1sc(NC(=O)Cc2ccc(F)cc2)nc1-c1ccccc1. The van der Waals surface area contributed by atoms with Gasteiger partial charge in [0.2, 0.25) is 5.91 Å². The van der Waals surface area contributed by atoms with Crippen molar-refractivity contribution in [3.05, 3.63) is 70.9 Å². The van der Waals surface area contributed by atoms with Gasteiger partial charge >= 0.3 is 0 Å². The quantitative estimate of drug-likeness (QED) is 0.694. The molecule has 4 nitrogen and oxygen atoms in total. The normalized spacial score (nSPS) is 10.5. The summed E-state index contributed by atoms with van der Waals surface area (Å²) in [4.78, 5) is 29.0. The minimum absolute atomic E-state index is 0.101. The zero-order valence-corrected chi connectivity index (χ0v) is 14.3. The summed E-state index contributed by atoms with van der Waals surface area (Å²) in [6.45, 7) is 1.48. The van der Waals surface area contributed by atoms with Crippen LogP contribution in [0.25, 0.3) is 11.3 Å². The molecular formula is C19H15FN2O2S. The van der Waals surface area contributed by atoms with E-state index in [0.29, 0.717) is 21.3 Å². The van der Waals surface area contributed by atoms with Gasteiger partial charge in [-0.25, -0.2) is 9.37 Å². The van der Waals surface area contributed by atoms with Crippen LogP contribution >= 0.6 is 11.3 Å². The van der Waals surface area contributed by atoms with Gasteiger partial charge in [-0.15, -0.1) is 0 Å². The van der Waals surface area contributed by atoms with Crippen LogP contribution < -0.4 is 5.32 Å². The zero-order chi connectivity index (χ0) is 17.8. The Morgan fingerprint density at radius 3 is 2.40 bits per heavy atom. The average Bonchev–Trinajstić information content (AvgIpc) is 3.02. The second-order valence-electron chi connectivity index (χ2n) is 5.47. The highest BCUT2D eigenvalue weighted by atomic mass is 32.1. The summed E-state index contributed by atoms with van der Waals surface area (Å²) in [5.74, 6) is -0.715. The lowest BCUT2D eigenvalue weighted by Gasteiger charge is -2.02. The first-order valence-electron chi connectivity index (χ1n) is 7.64. The summed E-state index contributed by atoms with van der Waals surface area (Å²) in [5.41, 5.74) is 2.09. The number of carbonyl (C=O) groups is 2. The first-order valence-corrected chi connectivity index (χ1v) is 8.46. The van der Waals surface area contributed by atoms with E-state index < -0.39 is 0 Å². The number of Topliss-reactive ketones (excluding diaryl/α,β-unsaturated/α-hetero) is 1. The maximum Gasteiger partial charge on any atom is 0.230 e. The van der Waals surface area contributed by atoms with Gasteiger partial charge in [-0.05, 0) is 17.7 Å². The summed E-state index contributed by atoms with van der Waals surface area (Å²) in [6, 6.07) is 15.1. The first kappa shape index (κ1) is 17.0. The van der Waals surface area contributed by atoms with E-state index in [1.807, 2.05) is 30.3 Å². The molecule has 25 heavy (non-hydrogen) atoms. The molecule has 3 rings (SSSR count). The molecule has 0 aliphatic heterocycles. The maximum absolute atomic E-state index is 12.9. The third-order valence-corrected chi connectivity index (χ3v) is 4.59. The van der Waals surface area contributed by atoms with Crippen LogP contribution in [0.4, 0.5) is 9.52 Å². The van der Waals surface area contributed by atoms with Crippen molar-refractivity contribution in [2.45, 2.75) is 13.3 Å². The molecular weight excluding hydrogens is 339 g/mol. The molecule has 0 saturated heterocycles. The van der Waals surface area contributed by atoms with E-state index in [0.717, 1.165) is 16.9 Å². The number of rotatable bonds is 5. The Bertz CT molecular complexity index is 905. The van der Waals surface area contributed by atoms with E-state index in [-0.39, 0.29) is 23.9 Å². The van der Waals surface area contributed by atoms with Crippen LogP contribution in [-0.2, 0) is 11.2 Å². The van der Waals surface area contributed by atoms with Crippen molar-refractivity contribution in [1.82, 2.24) is 4.98 Å². The van der Waals surface area contributed by atoms with Gasteiger partial charge in [0.05, 0.1) is 17.0 Å². The average molecular weight is 354 g/mol. The van der Waals surface area contributed by atoms with Crippen molar-refractivity contribution in [3.8, 4) is 11.3 Å². The van der Waals surface area contributed by atoms with E-state index in [9.17, 15) is 14.0 Å². The molecule has 0 atom stereocenters. The molecule has 0 aliphatic rings. The Kier molecular flexibility index (Phi) is 5.00. The third kappa shape index (κ3) is 4.16. The van der Waals surface area contributed by atoms with Gasteiger partial charge in [-0.1, -0.05) is 53.8 Å². The maximum atomic E-state index is 12.9. The summed E-state index contributed by atoms with van der Waals surface area (Å²) in [7, 11) is 0. The minimum atomic E-state index is -0.345. The van der Waals surface area contributed by atoms with Crippen LogP contribution in [-0.4, -0.2) is 16.7 Å². The molecule has 0 aliphatic carbocycles. The first-order chi connectivity index (χ1) is 12.0. The molecule has 0 saturated carbocycles. The summed E-state index contributed by atoms with van der Waals surface area (Å²) in [6.07, 6.45) is 0.107. The Balaban J connectivity index is 1.79. The largest absolute Gasteiger partial charge is 0.302 e. The van der Waals surface area contributed by atoms with E-state index in [2.05, 4.69) is 10.3 Å². The number of aromatic nitrogens is 1. The number of nitrogens with one attached hydrogen (secondary N) is 1. The lowest BCUT2D eigenvalue weighted by Crippen LogP contribution is -2.14. The number of halogens is 1. The molecule has 2 aromatic carbocycles. The molecule has 1 aromatic heterocycles. The number of ketones is 1. The van der Waals surface area contributed by atoms with Crippen molar-refractivity contribution in [2.24, 2.45) is 0 Å². The van der Waals surface area contributed by atoms with E-state index >= 15 is 0 Å². The van der Waals surface area contributed by atoms with Gasteiger partial charge in [0.1, 0.15) is 5.82 Å². The standard InChI is InChI=1S/C19H15FN2O2S/c1-12(23)18-17(14-5-3-2-4-6-14)22-19(25-18)21-16(24)11-13-7-9-15(20)10-8-13/h2-10H,11H2,1H3,(H,21,22,24). The van der Waals surface area contributed by atoms with Crippen LogP contribution in [0.3, 0.4) is 0 Å². The van der Waals surface area contributed by atoms with Gasteiger partial charge < -0.3 is 5.32 Å². The van der Waals surface area contributed by atoms with Crippen molar-refractivity contribution in [3.63, 3.8) is 0 Å². The lowest BCUT2D eigenvalue weighted by atomic mass is 10.1. The fourth-order valence-corrected chi connectivity index (χ4v) is 3.25. The van der Waals surface area contributed by atoms with Crippen LogP contribution in [0.5, 0.6) is 0 Å². The van der Waals surface area contributed by atoms with Gasteiger partial charge in [0.15, 0.2) is 10.9 Å². The summed E-state index contributed by atoms with van der Waals surface area (Å²) >= 11 is 1.15. The smallest absolute Gasteiger partial charge is 0.230 e. The monoisotopic (exact) mass is 354 g/mol. The van der Waals surface area contributed by atoms with Gasteiger partial charge in [0.25, 0.3) is 0 Å². The topological polar surface area (TPSA) is 59.1 Å². The number of carbonyl (C=O) groups excluding carboxylic acids is 2. The van der Waals surface area contributed by atoms with E-state index in [1.165, 1.54) is 19.1 Å². The van der Waals surface area contributed by atoms with Crippen molar-refractivity contribution in [1.29, 1.82) is 0 Å². The highest BCUT2D eigenvalue weighted by molar-refractivity contribution is 7.18. The second kappa shape index (κ2) is 7.36. The molecule has 126 valence electrons. The van der Waals surface area contributed by atoms with Crippen molar-refractivity contribution < 1.29 is 14.0 Å². The van der Waals surface area contributed by atoms with Gasteiger partial charge in [-0.3, -0.25) is 9.59 Å². The molecule has 0 unspecified atom stereocenters.